The van der Waals surface area contributed by atoms with Gasteiger partial charge in [0.25, 0.3) is 0 Å². The average Bonchev–Trinajstić information content (AvgIpc) is 3.30. The van der Waals surface area contributed by atoms with E-state index in [1.165, 1.54) is 0 Å². The van der Waals surface area contributed by atoms with Crippen LogP contribution in [0.15, 0.2) is 108 Å². The van der Waals surface area contributed by atoms with Crippen molar-refractivity contribution in [3.8, 4) is 16.9 Å². The van der Waals surface area contributed by atoms with Crippen molar-refractivity contribution in [1.29, 1.82) is 0 Å². The summed E-state index contributed by atoms with van der Waals surface area (Å²) in [6.45, 7) is 16.6. The molecule has 0 spiro atoms. The minimum absolute atomic E-state index is 0.0168. The number of anilines is 1. The normalized spacial score (nSPS) is 14.3. The summed E-state index contributed by atoms with van der Waals surface area (Å²) in [6.07, 6.45) is 2.63. The summed E-state index contributed by atoms with van der Waals surface area (Å²) in [7, 11) is -0.535. The van der Waals surface area contributed by atoms with Crippen LogP contribution in [0.5, 0.6) is 5.75 Å². The van der Waals surface area contributed by atoms with E-state index in [1.54, 1.807) is 18.0 Å². The monoisotopic (exact) mass is 931 g/mol. The van der Waals surface area contributed by atoms with Gasteiger partial charge >= 0.3 is 6.09 Å². The van der Waals surface area contributed by atoms with Gasteiger partial charge in [-0.1, -0.05) is 99.6 Å². The maximum absolute atomic E-state index is 13.0. The van der Waals surface area contributed by atoms with E-state index >= 15 is 0 Å². The van der Waals surface area contributed by atoms with Crippen LogP contribution < -0.4 is 31.6 Å². The molecule has 14 heteroatoms. The Bertz CT molecular complexity index is 2480. The molecular formula is C53H70N6O7Si. The van der Waals surface area contributed by atoms with Gasteiger partial charge in [-0.2, -0.15) is 0 Å². The summed E-state index contributed by atoms with van der Waals surface area (Å²) in [4.78, 5) is 55.6. The molecule has 6 rings (SSSR count). The first-order valence-electron chi connectivity index (χ1n) is 23.7. The molecule has 1 fully saturated rings. The van der Waals surface area contributed by atoms with Crippen molar-refractivity contribution in [1.82, 2.24) is 25.8 Å². The number of H-pyrrole nitrogens is 1. The first-order chi connectivity index (χ1) is 32.1. The van der Waals surface area contributed by atoms with Crippen LogP contribution >= 0.6 is 0 Å². The van der Waals surface area contributed by atoms with Gasteiger partial charge in [-0.05, 0) is 104 Å². The fourth-order valence-electron chi connectivity index (χ4n) is 8.01. The van der Waals surface area contributed by atoms with Crippen LogP contribution in [0, 0.1) is 0 Å². The van der Waals surface area contributed by atoms with Crippen molar-refractivity contribution in [2.45, 2.75) is 103 Å². The predicted molar refractivity (Wildman–Crippen MR) is 270 cm³/mol. The molecule has 5 N–H and O–H groups in total. The fourth-order valence-corrected chi connectivity index (χ4v) is 9.29. The van der Waals surface area contributed by atoms with Gasteiger partial charge in [0.1, 0.15) is 18.5 Å². The smallest absolute Gasteiger partial charge is 0.411 e. The van der Waals surface area contributed by atoms with Crippen LogP contribution in [0.4, 0.5) is 10.5 Å². The molecule has 2 heterocycles. The molecule has 5 aromatic rings. The van der Waals surface area contributed by atoms with Crippen molar-refractivity contribution in [3.63, 3.8) is 0 Å². The van der Waals surface area contributed by atoms with Crippen molar-refractivity contribution < 1.29 is 28.3 Å². The summed E-state index contributed by atoms with van der Waals surface area (Å²) in [6, 6.07) is 33.0. The predicted octanol–water partition coefficient (Wildman–Crippen LogP) is 8.76. The Labute approximate surface area is 396 Å². The fraction of sp³-hybridized carbons (Fsp3) is 0.434. The summed E-state index contributed by atoms with van der Waals surface area (Å²) in [5, 5.41) is 13.8. The molecule has 13 nitrogen and oxygen atoms in total. The molecule has 358 valence electrons. The van der Waals surface area contributed by atoms with Gasteiger partial charge in [-0.15, -0.1) is 0 Å². The largest absolute Gasteiger partial charge is 0.488 e. The van der Waals surface area contributed by atoms with E-state index < -0.39 is 14.4 Å². The molecule has 4 aromatic carbocycles. The number of carbonyl (C=O) groups excluding carboxylic acids is 3. The van der Waals surface area contributed by atoms with Crippen LogP contribution in [0.25, 0.3) is 22.0 Å². The summed E-state index contributed by atoms with van der Waals surface area (Å²) in [5.74, 6) is 0.450. The van der Waals surface area contributed by atoms with Gasteiger partial charge in [-0.25, -0.2) is 4.79 Å². The molecule has 0 saturated carbocycles. The molecule has 1 aliphatic heterocycles. The Morgan fingerprint density at radius 3 is 2.39 bits per heavy atom. The second kappa shape index (κ2) is 23.8. The van der Waals surface area contributed by atoms with Crippen LogP contribution in [0.3, 0.4) is 0 Å². The number of piperidine rings is 1. The van der Waals surface area contributed by atoms with Gasteiger partial charge in [-0.3, -0.25) is 19.7 Å². The molecule has 0 radical (unpaired) electrons. The van der Waals surface area contributed by atoms with E-state index in [1.807, 2.05) is 78.9 Å². The molecule has 0 bridgehead atoms. The highest BCUT2D eigenvalue weighted by atomic mass is 28.4. The zero-order valence-electron chi connectivity index (χ0n) is 40.3. The van der Waals surface area contributed by atoms with Gasteiger partial charge in [0, 0.05) is 49.7 Å². The highest BCUT2D eigenvalue weighted by molar-refractivity contribution is 6.74. The van der Waals surface area contributed by atoms with Gasteiger partial charge in [0.05, 0.1) is 30.1 Å². The second-order valence-electron chi connectivity index (χ2n) is 19.1. The van der Waals surface area contributed by atoms with Crippen molar-refractivity contribution in [3.05, 3.63) is 130 Å². The number of amides is 3. The number of carbonyl (C=O) groups is 3. The number of aromatic nitrogens is 1. The lowest BCUT2D eigenvalue weighted by molar-refractivity contribution is -0.130. The highest BCUT2D eigenvalue weighted by Gasteiger charge is 2.40. The molecule has 67 heavy (non-hydrogen) atoms. The zero-order valence-corrected chi connectivity index (χ0v) is 41.3. The quantitative estimate of drug-likeness (QED) is 0.0358. The van der Waals surface area contributed by atoms with E-state index in [2.05, 4.69) is 85.2 Å². The van der Waals surface area contributed by atoms with Crippen LogP contribution in [0.1, 0.15) is 76.2 Å². The lowest BCUT2D eigenvalue weighted by atomic mass is 10.0. The highest BCUT2D eigenvalue weighted by Crippen LogP contribution is 2.41. The minimum atomic E-state index is -2.24. The Morgan fingerprint density at radius 1 is 0.896 bits per heavy atom. The Kier molecular flexibility index (Phi) is 18.0. The summed E-state index contributed by atoms with van der Waals surface area (Å²) >= 11 is 0. The van der Waals surface area contributed by atoms with E-state index in [0.29, 0.717) is 43.0 Å². The molecule has 2 unspecified atom stereocenters. The maximum atomic E-state index is 13.0. The van der Waals surface area contributed by atoms with E-state index in [0.717, 1.165) is 65.6 Å². The molecule has 1 aromatic heterocycles. The first-order valence-corrected chi connectivity index (χ1v) is 26.6. The number of pyridine rings is 1. The molecule has 2 atom stereocenters. The van der Waals surface area contributed by atoms with Gasteiger partial charge in [0.2, 0.25) is 17.4 Å². The zero-order chi connectivity index (χ0) is 48.0. The number of nitrogens with zero attached hydrogens (tertiary/aromatic N) is 1. The third kappa shape index (κ3) is 14.8. The summed E-state index contributed by atoms with van der Waals surface area (Å²) < 4.78 is 19.0. The number of nitrogens with one attached hydrogen (secondary N) is 5. The van der Waals surface area contributed by atoms with E-state index in [-0.39, 0.29) is 60.1 Å². The van der Waals surface area contributed by atoms with Gasteiger partial charge < -0.3 is 39.7 Å². The average molecular weight is 931 g/mol. The van der Waals surface area contributed by atoms with Crippen molar-refractivity contribution >= 4 is 42.8 Å². The Morgan fingerprint density at radius 2 is 1.63 bits per heavy atom. The standard InChI is InChI=1S/C53H70N6O7Si/c1-37(56-36-47(66-67(6,7)53(2,3)4)43-21-23-46(65-41-25-29-54-30-26-41)51-44(43)22-24-48(60)58-51)33-38-15-13-16-39(34-38)35-49(61)55-28-14-31-59(5)50(62)27-32-64-52(63)57-45-20-12-11-19-42(45)40-17-9-8-10-18-40/h8-13,15-24,34,37,41,47,54,56H,14,25-33,35-36H2,1-7H3,(H,55,61)(H,57,63)(H,58,60). The lowest BCUT2D eigenvalue weighted by Gasteiger charge is -2.40. The number of aromatic amines is 1. The summed E-state index contributed by atoms with van der Waals surface area (Å²) in [5.41, 5.74) is 6.05. The SMILES string of the molecule is CC(Cc1cccc(CC(=O)NCCCN(C)C(=O)CCOC(=O)Nc2ccccc2-c2ccccc2)c1)NCC(O[Si](C)(C)C(C)(C)C)c1ccc(OC2CCNCC2)c2[nH]c(=O)ccc12. The Balaban J connectivity index is 0.957. The molecule has 3 amide bonds. The van der Waals surface area contributed by atoms with Crippen LogP contribution in [-0.2, 0) is 31.6 Å². The van der Waals surface area contributed by atoms with E-state index in [4.69, 9.17) is 13.9 Å². The third-order valence-corrected chi connectivity index (χ3v) is 17.3. The van der Waals surface area contributed by atoms with Crippen LogP contribution in [0.2, 0.25) is 18.1 Å². The lowest BCUT2D eigenvalue weighted by Crippen LogP contribution is -2.44. The topological polar surface area (TPSA) is 163 Å². The number of rotatable bonds is 21. The number of benzene rings is 4. The molecule has 0 aliphatic carbocycles. The number of ether oxygens (including phenoxy) is 2. The number of fused-ring (bicyclic) bond motifs is 1. The molecule has 1 saturated heterocycles. The van der Waals surface area contributed by atoms with Crippen molar-refractivity contribution in [2.24, 2.45) is 0 Å². The number of para-hydroxylation sites is 1. The van der Waals surface area contributed by atoms with E-state index in [9.17, 15) is 19.2 Å². The van der Waals surface area contributed by atoms with Gasteiger partial charge in [0.15, 0.2) is 8.32 Å². The first kappa shape index (κ1) is 50.6. The van der Waals surface area contributed by atoms with Crippen molar-refractivity contribution in [2.75, 3.05) is 51.7 Å². The minimum Gasteiger partial charge on any atom is -0.488 e. The second-order valence-corrected chi connectivity index (χ2v) is 23.9. The molecule has 1 aliphatic rings. The number of hydrogen-bond donors (Lipinski definition) is 5. The van der Waals surface area contributed by atoms with Crippen LogP contribution in [-0.4, -0.2) is 94.6 Å². The third-order valence-electron chi connectivity index (χ3n) is 12.8. The Hall–Kier alpha value is -5.80. The number of hydrogen-bond acceptors (Lipinski definition) is 9. The maximum Gasteiger partial charge on any atom is 0.411 e. The molecular weight excluding hydrogens is 861 g/mol.